The Morgan fingerprint density at radius 3 is 2.67 bits per heavy atom. The lowest BCUT2D eigenvalue weighted by atomic mass is 10.1. The molecule has 0 spiro atoms. The van der Waals surface area contributed by atoms with E-state index >= 15 is 0 Å². The van der Waals surface area contributed by atoms with Crippen molar-refractivity contribution in [3.05, 3.63) is 24.3 Å². The van der Waals surface area contributed by atoms with Gasteiger partial charge in [-0.15, -0.1) is 0 Å². The monoisotopic (exact) mass is 269 g/mol. The fraction of sp³-hybridized carbons (Fsp3) is 0.571. The molecule has 0 fully saturated rings. The van der Waals surface area contributed by atoms with Crippen molar-refractivity contribution in [3.8, 4) is 5.75 Å². The van der Waals surface area contributed by atoms with Gasteiger partial charge in [0.25, 0.3) is 0 Å². The van der Waals surface area contributed by atoms with E-state index in [1.54, 1.807) is 7.11 Å². The first-order chi connectivity index (χ1) is 8.42. The van der Waals surface area contributed by atoms with Crippen molar-refractivity contribution in [2.24, 2.45) is 0 Å². The van der Waals surface area contributed by atoms with Crippen LogP contribution in [0.2, 0.25) is 0 Å². The van der Waals surface area contributed by atoms with Crippen molar-refractivity contribution in [2.45, 2.75) is 37.6 Å². The molecule has 0 aliphatic rings. The van der Waals surface area contributed by atoms with Gasteiger partial charge in [-0.1, -0.05) is 6.07 Å². The second-order valence-electron chi connectivity index (χ2n) is 5.26. The van der Waals surface area contributed by atoms with Crippen LogP contribution in [-0.2, 0) is 10.8 Å². The summed E-state index contributed by atoms with van der Waals surface area (Å²) in [6.45, 7) is 7.28. The van der Waals surface area contributed by atoms with Crippen LogP contribution in [-0.4, -0.2) is 29.2 Å². The van der Waals surface area contributed by atoms with Crippen LogP contribution in [0.25, 0.3) is 0 Å². The van der Waals surface area contributed by atoms with Gasteiger partial charge in [0.2, 0.25) is 0 Å². The highest BCUT2D eigenvalue weighted by Gasteiger charge is 2.09. The highest BCUT2D eigenvalue weighted by Crippen LogP contribution is 2.16. The molecule has 3 nitrogen and oxygen atoms in total. The van der Waals surface area contributed by atoms with E-state index in [0.717, 1.165) is 23.6 Å². The molecule has 0 bridgehead atoms. The van der Waals surface area contributed by atoms with Gasteiger partial charge in [-0.2, -0.15) is 0 Å². The van der Waals surface area contributed by atoms with E-state index < -0.39 is 10.8 Å². The van der Waals surface area contributed by atoms with E-state index in [4.69, 9.17) is 4.74 Å². The first-order valence-electron chi connectivity index (χ1n) is 6.20. The van der Waals surface area contributed by atoms with Crippen LogP contribution in [0.1, 0.15) is 27.2 Å². The Bertz CT molecular complexity index is 399. The van der Waals surface area contributed by atoms with Crippen LogP contribution >= 0.6 is 0 Å². The maximum absolute atomic E-state index is 12.1. The second-order valence-corrected chi connectivity index (χ2v) is 6.83. The third-order valence-electron chi connectivity index (χ3n) is 2.47. The van der Waals surface area contributed by atoms with E-state index in [9.17, 15) is 4.21 Å². The SMILES string of the molecule is COc1cccc(S(=O)CCCNC(C)(C)C)c1. The summed E-state index contributed by atoms with van der Waals surface area (Å²) in [5.74, 6) is 1.43. The summed E-state index contributed by atoms with van der Waals surface area (Å²) in [6.07, 6.45) is 0.904. The van der Waals surface area contributed by atoms with Gasteiger partial charge in [0, 0.05) is 16.2 Å². The van der Waals surface area contributed by atoms with Gasteiger partial charge in [0.05, 0.1) is 17.9 Å². The Morgan fingerprint density at radius 1 is 1.33 bits per heavy atom. The Balaban J connectivity index is 2.41. The lowest BCUT2D eigenvalue weighted by Crippen LogP contribution is -2.36. The van der Waals surface area contributed by atoms with Crippen molar-refractivity contribution in [3.63, 3.8) is 0 Å². The average molecular weight is 269 g/mol. The van der Waals surface area contributed by atoms with Gasteiger partial charge < -0.3 is 10.1 Å². The zero-order chi connectivity index (χ0) is 13.6. The Kier molecular flexibility index (Phi) is 5.82. The van der Waals surface area contributed by atoms with Gasteiger partial charge >= 0.3 is 0 Å². The van der Waals surface area contributed by atoms with E-state index in [2.05, 4.69) is 26.1 Å². The molecule has 0 aromatic heterocycles. The Hall–Kier alpha value is -0.870. The Morgan fingerprint density at radius 2 is 2.06 bits per heavy atom. The molecular weight excluding hydrogens is 246 g/mol. The van der Waals surface area contributed by atoms with E-state index in [-0.39, 0.29) is 5.54 Å². The fourth-order valence-corrected chi connectivity index (χ4v) is 2.65. The maximum Gasteiger partial charge on any atom is 0.120 e. The van der Waals surface area contributed by atoms with Crippen molar-refractivity contribution < 1.29 is 8.95 Å². The highest BCUT2D eigenvalue weighted by atomic mass is 32.2. The number of benzene rings is 1. The highest BCUT2D eigenvalue weighted by molar-refractivity contribution is 7.85. The minimum Gasteiger partial charge on any atom is -0.497 e. The lowest BCUT2D eigenvalue weighted by Gasteiger charge is -2.20. The van der Waals surface area contributed by atoms with Crippen LogP contribution in [0.3, 0.4) is 0 Å². The van der Waals surface area contributed by atoms with E-state index in [1.807, 2.05) is 24.3 Å². The molecule has 0 saturated heterocycles. The predicted molar refractivity (Wildman–Crippen MR) is 76.6 cm³/mol. The molecule has 4 heteroatoms. The van der Waals surface area contributed by atoms with Crippen molar-refractivity contribution in [2.75, 3.05) is 19.4 Å². The molecule has 1 N–H and O–H groups in total. The number of rotatable bonds is 6. The largest absolute Gasteiger partial charge is 0.497 e. The molecule has 1 aromatic carbocycles. The smallest absolute Gasteiger partial charge is 0.120 e. The molecule has 0 aliphatic carbocycles. The van der Waals surface area contributed by atoms with Gasteiger partial charge in [-0.05, 0) is 51.9 Å². The topological polar surface area (TPSA) is 38.3 Å². The molecule has 1 rings (SSSR count). The summed E-state index contributed by atoms with van der Waals surface area (Å²) in [4.78, 5) is 0.838. The summed E-state index contributed by atoms with van der Waals surface area (Å²) < 4.78 is 17.2. The third kappa shape index (κ3) is 5.65. The first-order valence-corrected chi connectivity index (χ1v) is 7.52. The van der Waals surface area contributed by atoms with Crippen LogP contribution in [0, 0.1) is 0 Å². The van der Waals surface area contributed by atoms with Gasteiger partial charge in [0.15, 0.2) is 0 Å². The number of ether oxygens (including phenoxy) is 1. The number of methoxy groups -OCH3 is 1. The number of nitrogens with one attached hydrogen (secondary N) is 1. The summed E-state index contributed by atoms with van der Waals surface area (Å²) >= 11 is 0. The predicted octanol–water partition coefficient (Wildman–Crippen LogP) is 2.58. The van der Waals surface area contributed by atoms with E-state index in [1.165, 1.54) is 0 Å². The molecule has 0 amide bonds. The van der Waals surface area contributed by atoms with Crippen molar-refractivity contribution in [1.29, 1.82) is 0 Å². The number of hydrogen-bond donors (Lipinski definition) is 1. The van der Waals surface area contributed by atoms with Crippen LogP contribution < -0.4 is 10.1 Å². The maximum atomic E-state index is 12.1. The summed E-state index contributed by atoms with van der Waals surface area (Å²) in [5, 5.41) is 3.39. The van der Waals surface area contributed by atoms with Gasteiger partial charge in [-0.3, -0.25) is 4.21 Å². The fourth-order valence-electron chi connectivity index (χ4n) is 1.53. The molecule has 1 atom stereocenters. The minimum absolute atomic E-state index is 0.122. The van der Waals surface area contributed by atoms with Crippen molar-refractivity contribution >= 4 is 10.8 Å². The van der Waals surface area contributed by atoms with Crippen molar-refractivity contribution in [1.82, 2.24) is 5.32 Å². The molecule has 0 saturated carbocycles. The van der Waals surface area contributed by atoms with E-state index in [0.29, 0.717) is 5.75 Å². The quantitative estimate of drug-likeness (QED) is 0.807. The van der Waals surface area contributed by atoms with Crippen LogP contribution in [0.15, 0.2) is 29.2 Å². The molecule has 0 heterocycles. The molecule has 18 heavy (non-hydrogen) atoms. The summed E-state index contributed by atoms with van der Waals surface area (Å²) in [5.41, 5.74) is 0.122. The van der Waals surface area contributed by atoms with Gasteiger partial charge in [0.1, 0.15) is 5.75 Å². The molecule has 0 aliphatic heterocycles. The van der Waals surface area contributed by atoms with Gasteiger partial charge in [-0.25, -0.2) is 0 Å². The molecule has 102 valence electrons. The summed E-state index contributed by atoms with van der Waals surface area (Å²) in [6, 6.07) is 7.46. The normalized spacial score (nSPS) is 13.3. The Labute approximate surface area is 112 Å². The van der Waals surface area contributed by atoms with Crippen LogP contribution in [0.5, 0.6) is 5.75 Å². The minimum atomic E-state index is -0.944. The first kappa shape index (κ1) is 15.2. The zero-order valence-electron chi connectivity index (χ0n) is 11.7. The zero-order valence-corrected chi connectivity index (χ0v) is 12.5. The third-order valence-corrected chi connectivity index (χ3v) is 3.91. The number of hydrogen-bond acceptors (Lipinski definition) is 3. The second kappa shape index (κ2) is 6.90. The standard InChI is InChI=1S/C14H23NO2S/c1-14(2,3)15-9-6-10-18(16)13-8-5-7-12(11-13)17-4/h5,7-8,11,15H,6,9-10H2,1-4H3. The summed E-state index contributed by atoms with van der Waals surface area (Å²) in [7, 11) is 0.677. The molecule has 0 radical (unpaired) electrons. The molecule has 1 unspecified atom stereocenters. The molecular formula is C14H23NO2S. The average Bonchev–Trinajstić information content (AvgIpc) is 2.33. The molecule has 1 aromatic rings. The van der Waals surface area contributed by atoms with Crippen LogP contribution in [0.4, 0.5) is 0 Å². The lowest BCUT2D eigenvalue weighted by molar-refractivity contribution is 0.413.